The number of carboxylic acid groups (broad SMARTS) is 1. The highest BCUT2D eigenvalue weighted by molar-refractivity contribution is 5.79. The van der Waals surface area contributed by atoms with Crippen LogP contribution >= 0.6 is 0 Å². The van der Waals surface area contributed by atoms with Gasteiger partial charge in [-0.25, -0.2) is 0 Å². The van der Waals surface area contributed by atoms with Gasteiger partial charge in [-0.15, -0.1) is 0 Å². The molecule has 4 heteroatoms. The maximum absolute atomic E-state index is 11.1. The van der Waals surface area contributed by atoms with E-state index in [2.05, 4.69) is 0 Å². The Hall–Kier alpha value is -1.55. The number of fused-ring (bicyclic) bond motifs is 1. The number of methoxy groups -OCH3 is 1. The molecule has 0 fully saturated rings. The van der Waals surface area contributed by atoms with Gasteiger partial charge in [0, 0.05) is 6.42 Å². The van der Waals surface area contributed by atoms with E-state index in [1.807, 2.05) is 18.2 Å². The monoisotopic (exact) mass is 221 g/mol. The summed E-state index contributed by atoms with van der Waals surface area (Å²) in [5.74, 6) is -0.211. The number of carbonyl (C=O) groups is 1. The lowest BCUT2D eigenvalue weighted by Gasteiger charge is -2.31. The maximum Gasteiger partial charge on any atom is 0.324 e. The van der Waals surface area contributed by atoms with Crippen LogP contribution < -0.4 is 10.5 Å². The Bertz CT molecular complexity index is 416. The van der Waals surface area contributed by atoms with Crippen LogP contribution in [0, 0.1) is 0 Å². The van der Waals surface area contributed by atoms with Crippen LogP contribution in [-0.2, 0) is 17.6 Å². The summed E-state index contributed by atoms with van der Waals surface area (Å²) in [7, 11) is 1.59. The molecule has 86 valence electrons. The maximum atomic E-state index is 11.1. The highest BCUT2D eigenvalue weighted by Crippen LogP contribution is 2.33. The van der Waals surface area contributed by atoms with Gasteiger partial charge in [0.05, 0.1) is 7.11 Å². The van der Waals surface area contributed by atoms with Gasteiger partial charge in [-0.3, -0.25) is 4.79 Å². The molecule has 3 N–H and O–H groups in total. The summed E-state index contributed by atoms with van der Waals surface area (Å²) in [5.41, 5.74) is 6.81. The number of hydrogen-bond acceptors (Lipinski definition) is 3. The van der Waals surface area contributed by atoms with E-state index in [1.54, 1.807) is 7.11 Å². The van der Waals surface area contributed by atoms with E-state index in [9.17, 15) is 4.79 Å². The van der Waals surface area contributed by atoms with Crippen LogP contribution in [0.1, 0.15) is 17.5 Å². The van der Waals surface area contributed by atoms with E-state index in [0.717, 1.165) is 16.9 Å². The molecule has 0 saturated carbocycles. The molecule has 1 aromatic rings. The van der Waals surface area contributed by atoms with Gasteiger partial charge in [0.1, 0.15) is 11.3 Å². The molecule has 0 radical (unpaired) electrons. The molecule has 4 nitrogen and oxygen atoms in total. The Kier molecular flexibility index (Phi) is 2.59. The van der Waals surface area contributed by atoms with Crippen molar-refractivity contribution in [3.8, 4) is 5.75 Å². The molecular formula is C12H15NO3. The van der Waals surface area contributed by atoms with Crippen LogP contribution in [0.15, 0.2) is 18.2 Å². The summed E-state index contributed by atoms with van der Waals surface area (Å²) in [6.45, 7) is 0. The predicted molar refractivity (Wildman–Crippen MR) is 59.6 cm³/mol. The molecule has 0 bridgehead atoms. The number of benzene rings is 1. The van der Waals surface area contributed by atoms with E-state index >= 15 is 0 Å². The zero-order valence-electron chi connectivity index (χ0n) is 9.19. The average Bonchev–Trinajstić information content (AvgIpc) is 2.28. The van der Waals surface area contributed by atoms with Crippen molar-refractivity contribution in [3.05, 3.63) is 29.3 Å². The summed E-state index contributed by atoms with van der Waals surface area (Å²) < 4.78 is 5.24. The third-order valence-electron chi connectivity index (χ3n) is 3.21. The molecule has 0 aliphatic heterocycles. The lowest BCUT2D eigenvalue weighted by atomic mass is 9.78. The van der Waals surface area contributed by atoms with Crippen molar-refractivity contribution < 1.29 is 14.6 Å². The molecule has 0 saturated heterocycles. The van der Waals surface area contributed by atoms with Crippen molar-refractivity contribution in [3.63, 3.8) is 0 Å². The fourth-order valence-electron chi connectivity index (χ4n) is 2.18. The van der Waals surface area contributed by atoms with Gasteiger partial charge in [-0.2, -0.15) is 0 Å². The zero-order valence-corrected chi connectivity index (χ0v) is 9.19. The van der Waals surface area contributed by atoms with Gasteiger partial charge in [-0.05, 0) is 30.0 Å². The van der Waals surface area contributed by atoms with Crippen LogP contribution in [0.4, 0.5) is 0 Å². The van der Waals surface area contributed by atoms with Gasteiger partial charge < -0.3 is 15.6 Å². The summed E-state index contributed by atoms with van der Waals surface area (Å²) in [4.78, 5) is 11.1. The first-order chi connectivity index (χ1) is 7.57. The number of nitrogens with two attached hydrogens (primary N) is 1. The van der Waals surface area contributed by atoms with Crippen molar-refractivity contribution in [1.82, 2.24) is 0 Å². The number of hydrogen-bond donors (Lipinski definition) is 2. The molecule has 2 rings (SSSR count). The first-order valence-electron chi connectivity index (χ1n) is 5.24. The number of ether oxygens (including phenoxy) is 1. The minimum Gasteiger partial charge on any atom is -0.496 e. The standard InChI is InChI=1S/C12H15NO3/c1-16-10-4-2-3-8-5-6-12(13,11(14)15)7-9(8)10/h2-4H,5-7,13H2,1H3,(H,14,15)/t12-/m1/s1. The predicted octanol–water partition coefficient (Wildman–Crippen LogP) is 0.966. The second-order valence-electron chi connectivity index (χ2n) is 4.24. The van der Waals surface area contributed by atoms with E-state index in [-0.39, 0.29) is 0 Å². The fraction of sp³-hybridized carbons (Fsp3) is 0.417. The number of aliphatic carboxylic acids is 1. The van der Waals surface area contributed by atoms with Crippen molar-refractivity contribution in [2.75, 3.05) is 7.11 Å². The number of rotatable bonds is 2. The lowest BCUT2D eigenvalue weighted by Crippen LogP contribution is -2.52. The van der Waals surface area contributed by atoms with E-state index < -0.39 is 11.5 Å². The molecule has 1 aliphatic rings. The summed E-state index contributed by atoms with van der Waals surface area (Å²) in [6.07, 6.45) is 1.50. The van der Waals surface area contributed by atoms with Gasteiger partial charge in [0.25, 0.3) is 0 Å². The average molecular weight is 221 g/mol. The Balaban J connectivity index is 2.42. The normalized spacial score (nSPS) is 23.6. The van der Waals surface area contributed by atoms with Crippen LogP contribution in [-0.4, -0.2) is 23.7 Å². The molecular weight excluding hydrogens is 206 g/mol. The van der Waals surface area contributed by atoms with Crippen molar-refractivity contribution >= 4 is 5.97 Å². The third kappa shape index (κ3) is 1.65. The smallest absolute Gasteiger partial charge is 0.324 e. The minimum absolute atomic E-state index is 0.335. The minimum atomic E-state index is -1.15. The van der Waals surface area contributed by atoms with Gasteiger partial charge in [0.15, 0.2) is 0 Å². The van der Waals surface area contributed by atoms with E-state index in [0.29, 0.717) is 19.3 Å². The Morgan fingerprint density at radius 3 is 2.94 bits per heavy atom. The highest BCUT2D eigenvalue weighted by Gasteiger charge is 2.38. The summed E-state index contributed by atoms with van der Waals surface area (Å²) >= 11 is 0. The quantitative estimate of drug-likeness (QED) is 0.780. The van der Waals surface area contributed by atoms with Crippen LogP contribution in [0.5, 0.6) is 5.75 Å². The van der Waals surface area contributed by atoms with Gasteiger partial charge >= 0.3 is 5.97 Å². The molecule has 16 heavy (non-hydrogen) atoms. The Labute approximate surface area is 94.0 Å². The zero-order chi connectivity index (χ0) is 11.8. The molecule has 1 atom stereocenters. The molecule has 1 aliphatic carbocycles. The topological polar surface area (TPSA) is 72.5 Å². The van der Waals surface area contributed by atoms with Crippen molar-refractivity contribution in [2.45, 2.75) is 24.8 Å². The summed E-state index contributed by atoms with van der Waals surface area (Å²) in [5, 5.41) is 9.12. The lowest BCUT2D eigenvalue weighted by molar-refractivity contribution is -0.143. The molecule has 0 amide bonds. The number of carboxylic acids is 1. The molecule has 0 aromatic heterocycles. The van der Waals surface area contributed by atoms with Crippen molar-refractivity contribution in [2.24, 2.45) is 5.73 Å². The molecule has 0 heterocycles. The van der Waals surface area contributed by atoms with E-state index in [4.69, 9.17) is 15.6 Å². The van der Waals surface area contributed by atoms with Gasteiger partial charge in [-0.1, -0.05) is 12.1 Å². The van der Waals surface area contributed by atoms with Crippen molar-refractivity contribution in [1.29, 1.82) is 0 Å². The second kappa shape index (κ2) is 3.79. The fourth-order valence-corrected chi connectivity index (χ4v) is 2.18. The largest absolute Gasteiger partial charge is 0.496 e. The van der Waals surface area contributed by atoms with Crippen LogP contribution in [0.25, 0.3) is 0 Å². The molecule has 1 aromatic carbocycles. The first-order valence-corrected chi connectivity index (χ1v) is 5.24. The Morgan fingerprint density at radius 2 is 2.31 bits per heavy atom. The second-order valence-corrected chi connectivity index (χ2v) is 4.24. The molecule has 0 spiro atoms. The first kappa shape index (κ1) is 11.0. The number of aryl methyl sites for hydroxylation is 1. The third-order valence-corrected chi connectivity index (χ3v) is 3.21. The van der Waals surface area contributed by atoms with E-state index in [1.165, 1.54) is 0 Å². The Morgan fingerprint density at radius 1 is 1.56 bits per heavy atom. The van der Waals surface area contributed by atoms with Crippen LogP contribution in [0.2, 0.25) is 0 Å². The summed E-state index contributed by atoms with van der Waals surface area (Å²) in [6, 6.07) is 5.76. The van der Waals surface area contributed by atoms with Gasteiger partial charge in [0.2, 0.25) is 0 Å². The highest BCUT2D eigenvalue weighted by atomic mass is 16.5. The van der Waals surface area contributed by atoms with Crippen LogP contribution in [0.3, 0.4) is 0 Å². The SMILES string of the molecule is COc1cccc2c1C[C@@](N)(C(=O)O)CC2. The molecule has 0 unspecified atom stereocenters.